The second-order valence-corrected chi connectivity index (χ2v) is 4.51. The van der Waals surface area contributed by atoms with Gasteiger partial charge >= 0.3 is 0 Å². The SMILES string of the molecule is Cc1c(Cl)nnc(NC2(CO)CC2)c1C. The fourth-order valence-corrected chi connectivity index (χ4v) is 1.60. The van der Waals surface area contributed by atoms with Gasteiger partial charge in [-0.1, -0.05) is 11.6 Å². The highest BCUT2D eigenvalue weighted by Gasteiger charge is 2.42. The van der Waals surface area contributed by atoms with Crippen molar-refractivity contribution < 1.29 is 5.11 Å². The molecule has 1 aliphatic rings. The Hall–Kier alpha value is -0.870. The highest BCUT2D eigenvalue weighted by atomic mass is 35.5. The monoisotopic (exact) mass is 227 g/mol. The van der Waals surface area contributed by atoms with Gasteiger partial charge in [0.1, 0.15) is 0 Å². The zero-order valence-corrected chi connectivity index (χ0v) is 9.60. The molecule has 2 N–H and O–H groups in total. The Morgan fingerprint density at radius 3 is 2.53 bits per heavy atom. The quantitative estimate of drug-likeness (QED) is 0.825. The lowest BCUT2D eigenvalue weighted by atomic mass is 10.2. The van der Waals surface area contributed by atoms with Crippen LogP contribution in [0.5, 0.6) is 0 Å². The van der Waals surface area contributed by atoms with Crippen molar-refractivity contribution in [2.24, 2.45) is 0 Å². The highest BCUT2D eigenvalue weighted by molar-refractivity contribution is 6.30. The van der Waals surface area contributed by atoms with Crippen molar-refractivity contribution in [3.05, 3.63) is 16.3 Å². The van der Waals surface area contributed by atoms with Crippen molar-refractivity contribution in [1.29, 1.82) is 0 Å². The third-order valence-corrected chi connectivity index (χ3v) is 3.36. The van der Waals surface area contributed by atoms with E-state index in [0.29, 0.717) is 5.15 Å². The first-order valence-electron chi connectivity index (χ1n) is 4.96. The van der Waals surface area contributed by atoms with Gasteiger partial charge in [-0.25, -0.2) is 0 Å². The molecule has 0 radical (unpaired) electrons. The van der Waals surface area contributed by atoms with E-state index in [2.05, 4.69) is 15.5 Å². The summed E-state index contributed by atoms with van der Waals surface area (Å²) in [7, 11) is 0. The molecule has 0 amide bonds. The van der Waals surface area contributed by atoms with Crippen LogP contribution in [0.2, 0.25) is 5.15 Å². The average Bonchev–Trinajstić information content (AvgIpc) is 3.00. The largest absolute Gasteiger partial charge is 0.394 e. The predicted molar refractivity (Wildman–Crippen MR) is 59.2 cm³/mol. The van der Waals surface area contributed by atoms with Gasteiger partial charge in [-0.15, -0.1) is 10.2 Å². The first kappa shape index (κ1) is 10.6. The average molecular weight is 228 g/mol. The maximum absolute atomic E-state index is 9.20. The van der Waals surface area contributed by atoms with Crippen LogP contribution in [0.1, 0.15) is 24.0 Å². The van der Waals surface area contributed by atoms with Crippen LogP contribution in [0.15, 0.2) is 0 Å². The topological polar surface area (TPSA) is 58.0 Å². The number of hydrogen-bond donors (Lipinski definition) is 2. The Morgan fingerprint density at radius 2 is 2.00 bits per heavy atom. The number of aliphatic hydroxyl groups is 1. The molecule has 1 heterocycles. The second kappa shape index (κ2) is 3.61. The molecular weight excluding hydrogens is 214 g/mol. The van der Waals surface area contributed by atoms with Crippen LogP contribution in [-0.2, 0) is 0 Å². The Labute approximate surface area is 93.7 Å². The lowest BCUT2D eigenvalue weighted by Crippen LogP contribution is -2.27. The molecule has 5 heteroatoms. The number of hydrogen-bond acceptors (Lipinski definition) is 4. The lowest BCUT2D eigenvalue weighted by molar-refractivity contribution is 0.266. The molecule has 2 rings (SSSR count). The van der Waals surface area contributed by atoms with Crippen LogP contribution in [0, 0.1) is 13.8 Å². The molecule has 15 heavy (non-hydrogen) atoms. The summed E-state index contributed by atoms with van der Waals surface area (Å²) in [6, 6.07) is 0. The number of aliphatic hydroxyl groups excluding tert-OH is 1. The van der Waals surface area contributed by atoms with Crippen LogP contribution in [0.25, 0.3) is 0 Å². The number of rotatable bonds is 3. The Kier molecular flexibility index (Phi) is 2.56. The van der Waals surface area contributed by atoms with Gasteiger partial charge in [0.25, 0.3) is 0 Å². The van der Waals surface area contributed by atoms with Gasteiger partial charge in [0.05, 0.1) is 12.1 Å². The number of anilines is 1. The molecule has 0 spiro atoms. The van der Waals surface area contributed by atoms with E-state index in [1.807, 2.05) is 13.8 Å². The summed E-state index contributed by atoms with van der Waals surface area (Å²) < 4.78 is 0. The minimum absolute atomic E-state index is 0.135. The maximum Gasteiger partial charge on any atom is 0.155 e. The fourth-order valence-electron chi connectivity index (χ4n) is 1.42. The van der Waals surface area contributed by atoms with Gasteiger partial charge < -0.3 is 10.4 Å². The van der Waals surface area contributed by atoms with Gasteiger partial charge in [0, 0.05) is 0 Å². The van der Waals surface area contributed by atoms with Gasteiger partial charge in [0.2, 0.25) is 0 Å². The molecule has 1 aromatic rings. The molecule has 1 fully saturated rings. The van der Waals surface area contributed by atoms with E-state index >= 15 is 0 Å². The van der Waals surface area contributed by atoms with Crippen molar-refractivity contribution in [2.45, 2.75) is 32.2 Å². The van der Waals surface area contributed by atoms with E-state index in [0.717, 1.165) is 29.8 Å². The summed E-state index contributed by atoms with van der Waals surface area (Å²) in [5, 5.41) is 20.7. The van der Waals surface area contributed by atoms with Gasteiger partial charge in [-0.2, -0.15) is 0 Å². The van der Waals surface area contributed by atoms with Gasteiger partial charge in [-0.3, -0.25) is 0 Å². The number of nitrogens with one attached hydrogen (secondary N) is 1. The van der Waals surface area contributed by atoms with E-state index in [1.165, 1.54) is 0 Å². The molecule has 0 saturated heterocycles. The molecule has 0 aromatic carbocycles. The van der Waals surface area contributed by atoms with Gasteiger partial charge in [-0.05, 0) is 37.8 Å². The molecule has 0 aliphatic heterocycles. The minimum Gasteiger partial charge on any atom is -0.394 e. The van der Waals surface area contributed by atoms with Crippen molar-refractivity contribution in [2.75, 3.05) is 11.9 Å². The molecule has 1 aromatic heterocycles. The van der Waals surface area contributed by atoms with E-state index in [-0.39, 0.29) is 12.1 Å². The van der Waals surface area contributed by atoms with Crippen molar-refractivity contribution in [1.82, 2.24) is 10.2 Å². The Balaban J connectivity index is 2.26. The first-order valence-corrected chi connectivity index (χ1v) is 5.34. The highest BCUT2D eigenvalue weighted by Crippen LogP contribution is 2.38. The summed E-state index contributed by atoms with van der Waals surface area (Å²) in [5.41, 5.74) is 1.76. The van der Waals surface area contributed by atoms with Gasteiger partial charge in [0.15, 0.2) is 11.0 Å². The first-order chi connectivity index (χ1) is 7.08. The summed E-state index contributed by atoms with van der Waals surface area (Å²) in [4.78, 5) is 0. The molecule has 0 unspecified atom stereocenters. The van der Waals surface area contributed by atoms with Crippen LogP contribution in [0.4, 0.5) is 5.82 Å². The number of halogens is 1. The molecular formula is C10H14ClN3O. The third kappa shape index (κ3) is 1.92. The van der Waals surface area contributed by atoms with Crippen LogP contribution in [-0.4, -0.2) is 27.4 Å². The Morgan fingerprint density at radius 1 is 1.33 bits per heavy atom. The Bertz CT molecular complexity index is 390. The summed E-state index contributed by atoms with van der Waals surface area (Å²) in [6.07, 6.45) is 1.96. The second-order valence-electron chi connectivity index (χ2n) is 4.15. The van der Waals surface area contributed by atoms with Crippen LogP contribution < -0.4 is 5.32 Å². The summed E-state index contributed by atoms with van der Waals surface area (Å²) >= 11 is 5.86. The van der Waals surface area contributed by atoms with E-state index in [9.17, 15) is 5.11 Å². The van der Waals surface area contributed by atoms with Crippen LogP contribution in [0.3, 0.4) is 0 Å². The van der Waals surface area contributed by atoms with E-state index in [4.69, 9.17) is 11.6 Å². The molecule has 0 atom stereocenters. The molecule has 1 saturated carbocycles. The predicted octanol–water partition coefficient (Wildman–Crippen LogP) is 1.68. The minimum atomic E-state index is -0.167. The standard InChI is InChI=1S/C10H14ClN3O/c1-6-7(2)9(14-13-8(6)11)12-10(5-15)3-4-10/h15H,3-5H2,1-2H3,(H,12,14). The fraction of sp³-hybridized carbons (Fsp3) is 0.600. The summed E-state index contributed by atoms with van der Waals surface area (Å²) in [6.45, 7) is 4.00. The number of aromatic nitrogens is 2. The van der Waals surface area contributed by atoms with Crippen LogP contribution >= 0.6 is 11.6 Å². The van der Waals surface area contributed by atoms with Crippen molar-refractivity contribution >= 4 is 17.4 Å². The normalized spacial score (nSPS) is 17.6. The third-order valence-electron chi connectivity index (χ3n) is 3.00. The lowest BCUT2D eigenvalue weighted by Gasteiger charge is -2.17. The number of nitrogens with zero attached hydrogens (tertiary/aromatic N) is 2. The van der Waals surface area contributed by atoms with E-state index < -0.39 is 0 Å². The maximum atomic E-state index is 9.20. The van der Waals surface area contributed by atoms with Crippen molar-refractivity contribution in [3.63, 3.8) is 0 Å². The zero-order valence-electron chi connectivity index (χ0n) is 8.84. The smallest absolute Gasteiger partial charge is 0.155 e. The van der Waals surface area contributed by atoms with Crippen molar-refractivity contribution in [3.8, 4) is 0 Å². The molecule has 1 aliphatic carbocycles. The molecule has 82 valence electrons. The molecule has 0 bridgehead atoms. The molecule has 4 nitrogen and oxygen atoms in total. The zero-order chi connectivity index (χ0) is 11.1. The summed E-state index contributed by atoms with van der Waals surface area (Å²) in [5.74, 6) is 0.725. The van der Waals surface area contributed by atoms with E-state index in [1.54, 1.807) is 0 Å².